The van der Waals surface area contributed by atoms with E-state index in [2.05, 4.69) is 17.2 Å². The maximum atomic E-state index is 10.8. The molecular weight excluding hydrogens is 160 g/mol. The second-order valence-corrected chi connectivity index (χ2v) is 1.96. The van der Waals surface area contributed by atoms with E-state index in [0.29, 0.717) is 6.54 Å². The van der Waals surface area contributed by atoms with Gasteiger partial charge in [0.2, 0.25) is 0 Å². The minimum absolute atomic E-state index is 0.298. The fourth-order valence-electron chi connectivity index (χ4n) is 0.583. The first kappa shape index (κ1) is 10.9. The van der Waals surface area contributed by atoms with Crippen LogP contribution < -0.4 is 10.6 Å². The van der Waals surface area contributed by atoms with Crippen LogP contribution in [0, 0.1) is 0 Å². The van der Waals surface area contributed by atoms with Crippen LogP contribution in [0.5, 0.6) is 0 Å². The van der Waals surface area contributed by atoms with Gasteiger partial charge in [-0.3, -0.25) is 0 Å². The summed E-state index contributed by atoms with van der Waals surface area (Å²) in [5.41, 5.74) is 0. The molecule has 12 heavy (non-hydrogen) atoms. The molecule has 2 N–H and O–H groups in total. The molecule has 0 saturated carbocycles. The van der Waals surface area contributed by atoms with E-state index in [0.717, 1.165) is 0 Å². The molecule has 0 atom stereocenters. The largest absolute Gasteiger partial charge is 0.354 e. The van der Waals surface area contributed by atoms with E-state index in [4.69, 9.17) is 9.47 Å². The standard InChI is InChI=1S/C7H14N2O3/c1-4-8-7(10)9-5-6(11-2)12-3/h4,6H,1,5H2,2-3H3,(H2,8,9,10). The van der Waals surface area contributed by atoms with Crippen LogP contribution in [0.1, 0.15) is 0 Å². The van der Waals surface area contributed by atoms with E-state index in [-0.39, 0.29) is 6.03 Å². The average Bonchev–Trinajstić information content (AvgIpc) is 2.07. The Bertz CT molecular complexity index is 146. The molecule has 70 valence electrons. The molecule has 0 heterocycles. The summed E-state index contributed by atoms with van der Waals surface area (Å²) >= 11 is 0. The smallest absolute Gasteiger partial charge is 0.318 e. The first-order valence-corrected chi connectivity index (χ1v) is 3.45. The van der Waals surface area contributed by atoms with Gasteiger partial charge in [0.05, 0.1) is 6.54 Å². The molecule has 0 aromatic rings. The molecule has 0 fully saturated rings. The van der Waals surface area contributed by atoms with Gasteiger partial charge in [-0.25, -0.2) is 4.79 Å². The molecule has 0 aromatic carbocycles. The topological polar surface area (TPSA) is 59.6 Å². The lowest BCUT2D eigenvalue weighted by Crippen LogP contribution is -2.38. The number of hydrogen-bond acceptors (Lipinski definition) is 3. The Hall–Kier alpha value is -1.07. The number of rotatable bonds is 5. The van der Waals surface area contributed by atoms with Gasteiger partial charge in [-0.05, 0) is 6.20 Å². The summed E-state index contributed by atoms with van der Waals surface area (Å²) in [6.07, 6.45) is 0.879. The van der Waals surface area contributed by atoms with E-state index in [1.54, 1.807) is 0 Å². The Labute approximate surface area is 71.7 Å². The maximum absolute atomic E-state index is 10.8. The van der Waals surface area contributed by atoms with E-state index < -0.39 is 6.29 Å². The highest BCUT2D eigenvalue weighted by molar-refractivity contribution is 5.74. The zero-order valence-electron chi connectivity index (χ0n) is 7.29. The zero-order valence-corrected chi connectivity index (χ0v) is 7.29. The predicted octanol–water partition coefficient (Wildman–Crippen LogP) is 0.0480. The number of nitrogens with one attached hydrogen (secondary N) is 2. The molecule has 0 unspecified atom stereocenters. The highest BCUT2D eigenvalue weighted by Crippen LogP contribution is 1.86. The number of methoxy groups -OCH3 is 2. The fraction of sp³-hybridized carbons (Fsp3) is 0.571. The molecule has 2 amide bonds. The van der Waals surface area contributed by atoms with Crippen LogP contribution in [0.15, 0.2) is 12.8 Å². The van der Waals surface area contributed by atoms with Crippen LogP contribution in [0.25, 0.3) is 0 Å². The molecule has 0 radical (unpaired) electrons. The van der Waals surface area contributed by atoms with E-state index in [9.17, 15) is 4.79 Å². The van der Waals surface area contributed by atoms with Gasteiger partial charge in [-0.1, -0.05) is 6.58 Å². The highest BCUT2D eigenvalue weighted by Gasteiger charge is 2.05. The Morgan fingerprint density at radius 1 is 1.58 bits per heavy atom. The van der Waals surface area contributed by atoms with Gasteiger partial charge in [-0.15, -0.1) is 0 Å². The average molecular weight is 174 g/mol. The zero-order chi connectivity index (χ0) is 9.40. The second-order valence-electron chi connectivity index (χ2n) is 1.96. The van der Waals surface area contributed by atoms with Gasteiger partial charge < -0.3 is 20.1 Å². The Morgan fingerprint density at radius 2 is 2.17 bits per heavy atom. The molecule has 5 nitrogen and oxygen atoms in total. The molecule has 0 aliphatic rings. The van der Waals surface area contributed by atoms with Crippen LogP contribution in [0.4, 0.5) is 4.79 Å². The van der Waals surface area contributed by atoms with Gasteiger partial charge >= 0.3 is 6.03 Å². The Morgan fingerprint density at radius 3 is 2.58 bits per heavy atom. The van der Waals surface area contributed by atoms with Crippen molar-refractivity contribution in [2.24, 2.45) is 0 Å². The molecule has 0 rings (SSSR count). The number of hydrogen-bond donors (Lipinski definition) is 2. The van der Waals surface area contributed by atoms with Crippen molar-refractivity contribution < 1.29 is 14.3 Å². The number of ether oxygens (including phenoxy) is 2. The fourth-order valence-corrected chi connectivity index (χ4v) is 0.583. The number of urea groups is 1. The monoisotopic (exact) mass is 174 g/mol. The van der Waals surface area contributed by atoms with Gasteiger partial charge in [0.15, 0.2) is 6.29 Å². The van der Waals surface area contributed by atoms with Crippen molar-refractivity contribution in [3.63, 3.8) is 0 Å². The Kier molecular flexibility index (Phi) is 6.04. The van der Waals surface area contributed by atoms with Crippen molar-refractivity contribution >= 4 is 6.03 Å². The first-order valence-electron chi connectivity index (χ1n) is 3.45. The number of carbonyl (C=O) groups is 1. The van der Waals surface area contributed by atoms with Crippen molar-refractivity contribution in [2.75, 3.05) is 20.8 Å². The van der Waals surface area contributed by atoms with Gasteiger partial charge in [0.1, 0.15) is 0 Å². The first-order chi connectivity index (χ1) is 5.74. The van der Waals surface area contributed by atoms with Gasteiger partial charge in [-0.2, -0.15) is 0 Å². The minimum atomic E-state index is -0.416. The number of carbonyl (C=O) groups excluding carboxylic acids is 1. The summed E-state index contributed by atoms with van der Waals surface area (Å²) in [7, 11) is 3.00. The van der Waals surface area contributed by atoms with E-state index in [1.807, 2.05) is 0 Å². The quantitative estimate of drug-likeness (QED) is 0.579. The number of amides is 2. The Balaban J connectivity index is 3.51. The van der Waals surface area contributed by atoms with Crippen LogP contribution in [0.3, 0.4) is 0 Å². The highest BCUT2D eigenvalue weighted by atomic mass is 16.7. The van der Waals surface area contributed by atoms with Crippen molar-refractivity contribution in [3.05, 3.63) is 12.8 Å². The molecule has 0 aliphatic heterocycles. The van der Waals surface area contributed by atoms with E-state index in [1.165, 1.54) is 20.4 Å². The van der Waals surface area contributed by atoms with Gasteiger partial charge in [0.25, 0.3) is 0 Å². The molecule has 0 aliphatic carbocycles. The molecular formula is C7H14N2O3. The van der Waals surface area contributed by atoms with Crippen molar-refractivity contribution in [1.82, 2.24) is 10.6 Å². The van der Waals surface area contributed by atoms with Crippen molar-refractivity contribution in [1.29, 1.82) is 0 Å². The van der Waals surface area contributed by atoms with Crippen molar-refractivity contribution in [2.45, 2.75) is 6.29 Å². The summed E-state index contributed by atoms with van der Waals surface area (Å²) in [4.78, 5) is 10.8. The molecule has 0 aromatic heterocycles. The molecule has 0 bridgehead atoms. The normalized spacial score (nSPS) is 9.58. The molecule has 0 spiro atoms. The SMILES string of the molecule is C=CNC(=O)NCC(OC)OC. The van der Waals surface area contributed by atoms with Crippen LogP contribution >= 0.6 is 0 Å². The lowest BCUT2D eigenvalue weighted by Gasteiger charge is -2.13. The minimum Gasteiger partial charge on any atom is -0.354 e. The maximum Gasteiger partial charge on any atom is 0.318 e. The summed E-state index contributed by atoms with van der Waals surface area (Å²) in [5.74, 6) is 0. The summed E-state index contributed by atoms with van der Waals surface area (Å²) < 4.78 is 9.67. The second kappa shape index (κ2) is 6.63. The van der Waals surface area contributed by atoms with Gasteiger partial charge in [0, 0.05) is 14.2 Å². The van der Waals surface area contributed by atoms with Crippen molar-refractivity contribution in [3.8, 4) is 0 Å². The van der Waals surface area contributed by atoms with Crippen LogP contribution in [0.2, 0.25) is 0 Å². The van der Waals surface area contributed by atoms with Crippen LogP contribution in [-0.2, 0) is 9.47 Å². The summed E-state index contributed by atoms with van der Waals surface area (Å²) in [6.45, 7) is 3.63. The van der Waals surface area contributed by atoms with E-state index >= 15 is 0 Å². The summed E-state index contributed by atoms with van der Waals surface area (Å²) in [6, 6.07) is -0.330. The third-order valence-electron chi connectivity index (χ3n) is 1.19. The summed E-state index contributed by atoms with van der Waals surface area (Å²) in [5, 5.41) is 4.87. The third-order valence-corrected chi connectivity index (χ3v) is 1.19. The third kappa shape index (κ3) is 4.70. The van der Waals surface area contributed by atoms with Crippen LogP contribution in [-0.4, -0.2) is 33.1 Å². The molecule has 0 saturated heterocycles. The predicted molar refractivity (Wildman–Crippen MR) is 44.5 cm³/mol. The molecule has 5 heteroatoms. The lowest BCUT2D eigenvalue weighted by molar-refractivity contribution is -0.0971. The lowest BCUT2D eigenvalue weighted by atomic mass is 10.6.